The number of fused-ring (bicyclic) bond motifs is 1. The van der Waals surface area contributed by atoms with E-state index in [-0.39, 0.29) is 6.10 Å². The van der Waals surface area contributed by atoms with E-state index in [0.717, 1.165) is 18.1 Å². The second-order valence-corrected chi connectivity index (χ2v) is 4.42. The highest BCUT2D eigenvalue weighted by Gasteiger charge is 2.42. The fourth-order valence-corrected chi connectivity index (χ4v) is 2.33. The van der Waals surface area contributed by atoms with E-state index in [0.29, 0.717) is 18.6 Å². The van der Waals surface area contributed by atoms with Gasteiger partial charge in [-0.3, -0.25) is 0 Å². The lowest BCUT2D eigenvalue weighted by atomic mass is 9.88. The summed E-state index contributed by atoms with van der Waals surface area (Å²) in [4.78, 5) is 5.26. The van der Waals surface area contributed by atoms with Gasteiger partial charge in [0, 0.05) is 5.92 Å². The van der Waals surface area contributed by atoms with Crippen molar-refractivity contribution in [2.75, 3.05) is 6.61 Å². The zero-order chi connectivity index (χ0) is 8.84. The first-order valence-electron chi connectivity index (χ1n) is 5.19. The van der Waals surface area contributed by atoms with E-state index in [9.17, 15) is 0 Å². The highest BCUT2D eigenvalue weighted by molar-refractivity contribution is 5.89. The van der Waals surface area contributed by atoms with E-state index in [1.165, 1.54) is 12.8 Å². The molecule has 3 rings (SSSR count). The number of oxime groups is 1. The van der Waals surface area contributed by atoms with Gasteiger partial charge in [-0.1, -0.05) is 5.16 Å². The molecule has 0 aromatic heterocycles. The van der Waals surface area contributed by atoms with Crippen molar-refractivity contribution in [2.24, 2.45) is 17.0 Å². The van der Waals surface area contributed by atoms with E-state index < -0.39 is 0 Å². The van der Waals surface area contributed by atoms with E-state index in [1.54, 1.807) is 0 Å². The predicted octanol–water partition coefficient (Wildman–Crippen LogP) is 1.58. The fraction of sp³-hybridized carbons (Fsp3) is 0.900. The highest BCUT2D eigenvalue weighted by Crippen LogP contribution is 2.40. The van der Waals surface area contributed by atoms with Crippen molar-refractivity contribution in [3.05, 3.63) is 0 Å². The molecule has 2 heterocycles. The fourth-order valence-electron chi connectivity index (χ4n) is 2.33. The lowest BCUT2D eigenvalue weighted by Crippen LogP contribution is -2.37. The first-order chi connectivity index (χ1) is 6.34. The quantitative estimate of drug-likeness (QED) is 0.615. The second kappa shape index (κ2) is 2.71. The van der Waals surface area contributed by atoms with Crippen LogP contribution in [0.2, 0.25) is 0 Å². The Balaban J connectivity index is 1.71. The Morgan fingerprint density at radius 3 is 3.00 bits per heavy atom. The molecule has 0 radical (unpaired) electrons. The van der Waals surface area contributed by atoms with Crippen molar-refractivity contribution >= 4 is 5.71 Å². The van der Waals surface area contributed by atoms with Crippen LogP contribution in [0.25, 0.3) is 0 Å². The van der Waals surface area contributed by atoms with Gasteiger partial charge in [0.25, 0.3) is 0 Å². The number of nitrogens with zero attached hydrogens (tertiary/aromatic N) is 1. The molecule has 0 N–H and O–H groups in total. The van der Waals surface area contributed by atoms with Gasteiger partial charge < -0.3 is 9.57 Å². The van der Waals surface area contributed by atoms with Crippen LogP contribution in [0.15, 0.2) is 5.16 Å². The van der Waals surface area contributed by atoms with Gasteiger partial charge in [0.2, 0.25) is 0 Å². The van der Waals surface area contributed by atoms with Gasteiger partial charge in [0.05, 0.1) is 18.4 Å². The van der Waals surface area contributed by atoms with Gasteiger partial charge in [-0.25, -0.2) is 0 Å². The first-order valence-corrected chi connectivity index (χ1v) is 5.19. The van der Waals surface area contributed by atoms with Gasteiger partial charge >= 0.3 is 0 Å². The summed E-state index contributed by atoms with van der Waals surface area (Å²) in [6.45, 7) is 2.81. The molecule has 0 amide bonds. The predicted molar refractivity (Wildman–Crippen MR) is 48.6 cm³/mol. The van der Waals surface area contributed by atoms with Crippen LogP contribution in [0, 0.1) is 11.8 Å². The monoisotopic (exact) mass is 181 g/mol. The Labute approximate surface area is 78.1 Å². The van der Waals surface area contributed by atoms with Gasteiger partial charge in [0.15, 0.2) is 0 Å². The largest absolute Gasteiger partial charge is 0.392 e. The molecular formula is C10H15NO2. The highest BCUT2D eigenvalue weighted by atomic mass is 16.6. The number of hydrogen-bond donors (Lipinski definition) is 0. The smallest absolute Gasteiger partial charge is 0.133 e. The lowest BCUT2D eigenvalue weighted by molar-refractivity contribution is 0.0129. The molecule has 1 aliphatic carbocycles. The van der Waals surface area contributed by atoms with Crippen molar-refractivity contribution < 1.29 is 9.57 Å². The summed E-state index contributed by atoms with van der Waals surface area (Å²) in [6.07, 6.45) is 4.62. The molecule has 3 heteroatoms. The molecule has 0 unspecified atom stereocenters. The second-order valence-electron chi connectivity index (χ2n) is 4.42. The molecular weight excluding hydrogens is 166 g/mol. The van der Waals surface area contributed by atoms with Crippen molar-refractivity contribution in [3.63, 3.8) is 0 Å². The van der Waals surface area contributed by atoms with E-state index in [1.807, 2.05) is 0 Å². The van der Waals surface area contributed by atoms with Crippen LogP contribution < -0.4 is 0 Å². The number of rotatable bonds is 1. The molecule has 2 aliphatic heterocycles. The first kappa shape index (κ1) is 7.80. The normalized spacial score (nSPS) is 43.8. The maximum atomic E-state index is 5.75. The summed E-state index contributed by atoms with van der Waals surface area (Å²) in [6, 6.07) is 0. The van der Waals surface area contributed by atoms with Crippen LogP contribution in [-0.4, -0.2) is 24.5 Å². The Kier molecular flexibility index (Phi) is 1.62. The van der Waals surface area contributed by atoms with Crippen LogP contribution in [0.3, 0.4) is 0 Å². The standard InChI is InChI=1S/C10H15NO2/c1-6-8-4-10(7-2-3-7)12-5-9(8)11-13-6/h6-8,10H,2-5H2,1H3/t6-,8-,10+/m0/s1. The van der Waals surface area contributed by atoms with Crippen molar-refractivity contribution in [2.45, 2.75) is 38.4 Å². The maximum absolute atomic E-state index is 5.75. The number of hydrogen-bond acceptors (Lipinski definition) is 3. The molecule has 3 atom stereocenters. The summed E-state index contributed by atoms with van der Waals surface area (Å²) in [7, 11) is 0. The summed E-state index contributed by atoms with van der Waals surface area (Å²) in [5.74, 6) is 1.38. The third-order valence-corrected chi connectivity index (χ3v) is 3.41. The summed E-state index contributed by atoms with van der Waals surface area (Å²) >= 11 is 0. The Bertz CT molecular complexity index is 247. The molecule has 2 fully saturated rings. The average molecular weight is 181 g/mol. The molecule has 1 saturated heterocycles. The van der Waals surface area contributed by atoms with Crippen molar-refractivity contribution in [1.29, 1.82) is 0 Å². The lowest BCUT2D eigenvalue weighted by Gasteiger charge is -2.28. The van der Waals surface area contributed by atoms with E-state index in [2.05, 4.69) is 12.1 Å². The third-order valence-electron chi connectivity index (χ3n) is 3.41. The Hall–Kier alpha value is -0.570. The zero-order valence-electron chi connectivity index (χ0n) is 7.90. The summed E-state index contributed by atoms with van der Waals surface area (Å²) in [5.41, 5.74) is 1.13. The van der Waals surface area contributed by atoms with Gasteiger partial charge in [0.1, 0.15) is 6.10 Å². The molecule has 3 aliphatic rings. The molecule has 0 aromatic rings. The van der Waals surface area contributed by atoms with Crippen LogP contribution >= 0.6 is 0 Å². The minimum atomic E-state index is 0.278. The van der Waals surface area contributed by atoms with E-state index in [4.69, 9.17) is 9.57 Å². The summed E-state index contributed by atoms with van der Waals surface area (Å²) < 4.78 is 5.75. The minimum absolute atomic E-state index is 0.278. The zero-order valence-corrected chi connectivity index (χ0v) is 7.90. The van der Waals surface area contributed by atoms with Gasteiger partial charge in [-0.15, -0.1) is 0 Å². The maximum Gasteiger partial charge on any atom is 0.133 e. The van der Waals surface area contributed by atoms with E-state index >= 15 is 0 Å². The molecule has 3 nitrogen and oxygen atoms in total. The molecule has 1 saturated carbocycles. The SMILES string of the molecule is C[C@@H]1ON=C2CO[C@@H](C3CC3)C[C@H]21. The topological polar surface area (TPSA) is 30.8 Å². The Morgan fingerprint density at radius 2 is 2.23 bits per heavy atom. The molecule has 0 bridgehead atoms. The van der Waals surface area contributed by atoms with Crippen LogP contribution in [-0.2, 0) is 9.57 Å². The van der Waals surface area contributed by atoms with Crippen molar-refractivity contribution in [3.8, 4) is 0 Å². The molecule has 0 aromatic carbocycles. The van der Waals surface area contributed by atoms with Crippen molar-refractivity contribution in [1.82, 2.24) is 0 Å². The Morgan fingerprint density at radius 1 is 1.38 bits per heavy atom. The van der Waals surface area contributed by atoms with Crippen LogP contribution in [0.5, 0.6) is 0 Å². The average Bonchev–Trinajstić information content (AvgIpc) is 2.93. The number of ether oxygens (including phenoxy) is 1. The van der Waals surface area contributed by atoms with Crippen LogP contribution in [0.1, 0.15) is 26.2 Å². The van der Waals surface area contributed by atoms with Gasteiger partial charge in [-0.2, -0.15) is 0 Å². The third kappa shape index (κ3) is 1.26. The van der Waals surface area contributed by atoms with Crippen LogP contribution in [0.4, 0.5) is 0 Å². The summed E-state index contributed by atoms with van der Waals surface area (Å²) in [5, 5.41) is 4.04. The molecule has 13 heavy (non-hydrogen) atoms. The van der Waals surface area contributed by atoms with Gasteiger partial charge in [-0.05, 0) is 32.1 Å². The molecule has 72 valence electrons. The molecule has 0 spiro atoms. The minimum Gasteiger partial charge on any atom is -0.392 e.